The maximum absolute atomic E-state index is 5.71. The second-order valence-electron chi connectivity index (χ2n) is 4.33. The van der Waals surface area contributed by atoms with Crippen molar-refractivity contribution in [3.05, 3.63) is 60.2 Å². The summed E-state index contributed by atoms with van der Waals surface area (Å²) >= 11 is 0. The van der Waals surface area contributed by atoms with Crippen LogP contribution in [0.3, 0.4) is 0 Å². The van der Waals surface area contributed by atoms with Crippen LogP contribution in [-0.2, 0) is 6.42 Å². The highest BCUT2D eigenvalue weighted by atomic mass is 16.4. The largest absolute Gasteiger partial charge is 0.416 e. The molecule has 0 aliphatic carbocycles. The molecule has 0 aliphatic heterocycles. The van der Waals surface area contributed by atoms with Crippen molar-refractivity contribution in [2.75, 3.05) is 0 Å². The summed E-state index contributed by atoms with van der Waals surface area (Å²) in [4.78, 5) is 0. The lowest BCUT2D eigenvalue weighted by atomic mass is 10.1. The zero-order valence-corrected chi connectivity index (χ0v) is 10.7. The fourth-order valence-corrected chi connectivity index (χ4v) is 1.92. The normalized spacial score (nSPS) is 10.6. The van der Waals surface area contributed by atoms with Crippen molar-refractivity contribution in [3.8, 4) is 22.9 Å². The molecule has 1 heterocycles. The van der Waals surface area contributed by atoms with Gasteiger partial charge in [0.05, 0.1) is 0 Å². The first kappa shape index (κ1) is 11.7. The SMILES string of the molecule is CCc1ccc(-c2nnc(-c3ccccc3)o2)cc1. The molecule has 0 atom stereocenters. The van der Waals surface area contributed by atoms with Gasteiger partial charge in [0, 0.05) is 11.1 Å². The molecule has 0 N–H and O–H groups in total. The van der Waals surface area contributed by atoms with E-state index in [1.165, 1.54) is 5.56 Å². The van der Waals surface area contributed by atoms with Crippen molar-refractivity contribution >= 4 is 0 Å². The van der Waals surface area contributed by atoms with E-state index in [0.717, 1.165) is 17.5 Å². The van der Waals surface area contributed by atoms with Crippen LogP contribution in [0.2, 0.25) is 0 Å². The number of aromatic nitrogens is 2. The van der Waals surface area contributed by atoms with Crippen LogP contribution in [0.5, 0.6) is 0 Å². The van der Waals surface area contributed by atoms with Gasteiger partial charge in [-0.05, 0) is 36.2 Å². The highest BCUT2D eigenvalue weighted by molar-refractivity contribution is 5.57. The summed E-state index contributed by atoms with van der Waals surface area (Å²) in [6.07, 6.45) is 1.03. The van der Waals surface area contributed by atoms with Gasteiger partial charge in [-0.3, -0.25) is 0 Å². The predicted molar refractivity (Wildman–Crippen MR) is 74.5 cm³/mol. The minimum Gasteiger partial charge on any atom is -0.416 e. The van der Waals surface area contributed by atoms with Crippen LogP contribution in [0.15, 0.2) is 59.0 Å². The Hall–Kier alpha value is -2.42. The number of rotatable bonds is 3. The van der Waals surface area contributed by atoms with Gasteiger partial charge in [-0.1, -0.05) is 37.3 Å². The molecule has 0 saturated carbocycles. The molecule has 0 bridgehead atoms. The molecular formula is C16H14N2O. The van der Waals surface area contributed by atoms with Gasteiger partial charge in [0.1, 0.15) is 0 Å². The third kappa shape index (κ3) is 2.40. The lowest BCUT2D eigenvalue weighted by Gasteiger charge is -1.97. The number of hydrogen-bond donors (Lipinski definition) is 0. The minimum atomic E-state index is 0.551. The van der Waals surface area contributed by atoms with E-state index in [2.05, 4.69) is 29.3 Å². The van der Waals surface area contributed by atoms with Crippen LogP contribution < -0.4 is 0 Å². The Labute approximate surface area is 111 Å². The molecule has 0 radical (unpaired) electrons. The van der Waals surface area contributed by atoms with E-state index < -0.39 is 0 Å². The molecule has 0 amide bonds. The van der Waals surface area contributed by atoms with Crippen molar-refractivity contribution in [2.24, 2.45) is 0 Å². The Morgan fingerprint density at radius 1 is 0.789 bits per heavy atom. The smallest absolute Gasteiger partial charge is 0.248 e. The van der Waals surface area contributed by atoms with E-state index >= 15 is 0 Å². The molecule has 3 heteroatoms. The molecule has 0 fully saturated rings. The van der Waals surface area contributed by atoms with E-state index in [1.807, 2.05) is 42.5 Å². The molecular weight excluding hydrogens is 236 g/mol. The van der Waals surface area contributed by atoms with Crippen LogP contribution in [0.25, 0.3) is 22.9 Å². The zero-order valence-electron chi connectivity index (χ0n) is 10.7. The number of nitrogens with zero attached hydrogens (tertiary/aromatic N) is 2. The van der Waals surface area contributed by atoms with Gasteiger partial charge in [0.2, 0.25) is 11.8 Å². The summed E-state index contributed by atoms with van der Waals surface area (Å²) in [6, 6.07) is 18.0. The van der Waals surface area contributed by atoms with E-state index in [-0.39, 0.29) is 0 Å². The first-order valence-electron chi connectivity index (χ1n) is 6.35. The molecule has 19 heavy (non-hydrogen) atoms. The number of aryl methyl sites for hydroxylation is 1. The predicted octanol–water partition coefficient (Wildman–Crippen LogP) is 3.97. The highest BCUT2D eigenvalue weighted by Crippen LogP contribution is 2.23. The third-order valence-electron chi connectivity index (χ3n) is 3.05. The first-order chi connectivity index (χ1) is 9.36. The summed E-state index contributed by atoms with van der Waals surface area (Å²) in [5.74, 6) is 1.11. The van der Waals surface area contributed by atoms with Gasteiger partial charge in [-0.15, -0.1) is 10.2 Å². The summed E-state index contributed by atoms with van der Waals surface area (Å²) in [7, 11) is 0. The topological polar surface area (TPSA) is 38.9 Å². The van der Waals surface area contributed by atoms with Gasteiger partial charge in [-0.2, -0.15) is 0 Å². The van der Waals surface area contributed by atoms with Crippen molar-refractivity contribution in [1.29, 1.82) is 0 Å². The van der Waals surface area contributed by atoms with E-state index in [9.17, 15) is 0 Å². The molecule has 3 rings (SSSR count). The molecule has 3 aromatic rings. The van der Waals surface area contributed by atoms with Crippen molar-refractivity contribution in [2.45, 2.75) is 13.3 Å². The average molecular weight is 250 g/mol. The fraction of sp³-hybridized carbons (Fsp3) is 0.125. The van der Waals surface area contributed by atoms with E-state index in [1.54, 1.807) is 0 Å². The molecule has 0 unspecified atom stereocenters. The highest BCUT2D eigenvalue weighted by Gasteiger charge is 2.09. The summed E-state index contributed by atoms with van der Waals surface area (Å²) in [5.41, 5.74) is 3.19. The molecule has 0 aliphatic rings. The van der Waals surface area contributed by atoms with Crippen molar-refractivity contribution < 1.29 is 4.42 Å². The summed E-state index contributed by atoms with van der Waals surface area (Å²) in [5, 5.41) is 8.19. The molecule has 94 valence electrons. The van der Waals surface area contributed by atoms with Crippen LogP contribution in [-0.4, -0.2) is 10.2 Å². The van der Waals surface area contributed by atoms with Crippen molar-refractivity contribution in [3.63, 3.8) is 0 Å². The van der Waals surface area contributed by atoms with E-state index in [0.29, 0.717) is 11.8 Å². The van der Waals surface area contributed by atoms with Crippen molar-refractivity contribution in [1.82, 2.24) is 10.2 Å². The maximum Gasteiger partial charge on any atom is 0.248 e. The van der Waals surface area contributed by atoms with E-state index in [4.69, 9.17) is 4.42 Å². The van der Waals surface area contributed by atoms with Crippen LogP contribution in [0.1, 0.15) is 12.5 Å². The average Bonchev–Trinajstić information content (AvgIpc) is 2.98. The monoisotopic (exact) mass is 250 g/mol. The fourth-order valence-electron chi connectivity index (χ4n) is 1.92. The molecule has 0 saturated heterocycles. The Kier molecular flexibility index (Phi) is 3.11. The van der Waals surface area contributed by atoms with Gasteiger partial charge in [-0.25, -0.2) is 0 Å². The number of benzene rings is 2. The molecule has 2 aromatic carbocycles. The molecule has 0 spiro atoms. The van der Waals surface area contributed by atoms with Crippen LogP contribution in [0, 0.1) is 0 Å². The lowest BCUT2D eigenvalue weighted by Crippen LogP contribution is -1.81. The second kappa shape index (κ2) is 5.06. The maximum atomic E-state index is 5.71. The standard InChI is InChI=1S/C16H14N2O/c1-2-12-8-10-14(11-9-12)16-18-17-15(19-16)13-6-4-3-5-7-13/h3-11H,2H2,1H3. The lowest BCUT2D eigenvalue weighted by molar-refractivity contribution is 0.584. The van der Waals surface area contributed by atoms with Gasteiger partial charge in [0.25, 0.3) is 0 Å². The van der Waals surface area contributed by atoms with Gasteiger partial charge in [0.15, 0.2) is 0 Å². The van der Waals surface area contributed by atoms with Gasteiger partial charge < -0.3 is 4.42 Å². The summed E-state index contributed by atoms with van der Waals surface area (Å²) < 4.78 is 5.71. The number of hydrogen-bond acceptors (Lipinski definition) is 3. The second-order valence-corrected chi connectivity index (χ2v) is 4.33. The van der Waals surface area contributed by atoms with Gasteiger partial charge >= 0.3 is 0 Å². The quantitative estimate of drug-likeness (QED) is 0.706. The minimum absolute atomic E-state index is 0.551. The summed E-state index contributed by atoms with van der Waals surface area (Å²) in [6.45, 7) is 2.13. The van der Waals surface area contributed by atoms with Crippen LogP contribution >= 0.6 is 0 Å². The molecule has 3 nitrogen and oxygen atoms in total. The Balaban J connectivity index is 1.92. The third-order valence-corrected chi connectivity index (χ3v) is 3.05. The first-order valence-corrected chi connectivity index (χ1v) is 6.35. The van der Waals surface area contributed by atoms with Crippen LogP contribution in [0.4, 0.5) is 0 Å². The molecule has 1 aromatic heterocycles. The zero-order chi connectivity index (χ0) is 13.1. The Morgan fingerprint density at radius 3 is 1.95 bits per heavy atom. The Morgan fingerprint density at radius 2 is 1.37 bits per heavy atom. The Bertz CT molecular complexity index is 657.